The zero-order valence-electron chi connectivity index (χ0n) is 16.8. The third-order valence-corrected chi connectivity index (χ3v) is 5.77. The molecule has 0 aliphatic carbocycles. The number of benzene rings is 3. The summed E-state index contributed by atoms with van der Waals surface area (Å²) in [6.45, 7) is 2.06. The van der Waals surface area contributed by atoms with Crippen LogP contribution in [0.4, 0.5) is 10.1 Å². The highest BCUT2D eigenvalue weighted by Gasteiger charge is 2.15. The van der Waals surface area contributed by atoms with Crippen molar-refractivity contribution in [3.8, 4) is 5.69 Å². The number of hydrogen-bond donors (Lipinski definition) is 1. The topological polar surface area (TPSA) is 64.0 Å². The number of rotatable bonds is 6. The molecule has 1 N–H and O–H groups in total. The molecular weight excluding hydrogens is 413 g/mol. The zero-order chi connectivity index (χ0) is 21.8. The van der Waals surface area contributed by atoms with Crippen LogP contribution < -0.4 is 10.9 Å². The predicted octanol–water partition coefficient (Wildman–Crippen LogP) is 4.82. The predicted molar refractivity (Wildman–Crippen MR) is 122 cm³/mol. The van der Waals surface area contributed by atoms with Crippen molar-refractivity contribution < 1.29 is 9.18 Å². The first-order valence-corrected chi connectivity index (χ1v) is 10.8. The van der Waals surface area contributed by atoms with Gasteiger partial charge in [-0.3, -0.25) is 14.2 Å². The van der Waals surface area contributed by atoms with Crippen LogP contribution in [-0.4, -0.2) is 21.2 Å². The monoisotopic (exact) mass is 433 g/mol. The van der Waals surface area contributed by atoms with Gasteiger partial charge in [-0.05, 0) is 48.4 Å². The van der Waals surface area contributed by atoms with E-state index in [0.717, 1.165) is 23.7 Å². The van der Waals surface area contributed by atoms with Crippen molar-refractivity contribution in [1.29, 1.82) is 0 Å². The number of anilines is 1. The summed E-state index contributed by atoms with van der Waals surface area (Å²) >= 11 is 1.13. The van der Waals surface area contributed by atoms with E-state index in [1.54, 1.807) is 30.3 Å². The summed E-state index contributed by atoms with van der Waals surface area (Å²) in [6, 6.07) is 20.8. The molecule has 0 aliphatic rings. The minimum absolute atomic E-state index is 0.0217. The van der Waals surface area contributed by atoms with Gasteiger partial charge in [-0.1, -0.05) is 55.1 Å². The van der Waals surface area contributed by atoms with Crippen molar-refractivity contribution in [3.05, 3.63) is 94.5 Å². The number of aryl methyl sites for hydroxylation is 1. The molecule has 156 valence electrons. The lowest BCUT2D eigenvalue weighted by atomic mass is 10.1. The molecule has 0 fully saturated rings. The van der Waals surface area contributed by atoms with E-state index in [1.807, 2.05) is 30.3 Å². The summed E-state index contributed by atoms with van der Waals surface area (Å²) in [5.41, 5.74) is 2.31. The van der Waals surface area contributed by atoms with Crippen LogP contribution in [0.2, 0.25) is 0 Å². The summed E-state index contributed by atoms with van der Waals surface area (Å²) in [7, 11) is 0. The average molecular weight is 434 g/mol. The molecule has 0 radical (unpaired) electrons. The summed E-state index contributed by atoms with van der Waals surface area (Å²) in [4.78, 5) is 30.3. The smallest absolute Gasteiger partial charge is 0.266 e. The third-order valence-electron chi connectivity index (χ3n) is 4.83. The molecule has 1 amide bonds. The lowest BCUT2D eigenvalue weighted by Gasteiger charge is -2.14. The van der Waals surface area contributed by atoms with E-state index in [-0.39, 0.29) is 22.9 Å². The van der Waals surface area contributed by atoms with E-state index >= 15 is 0 Å². The first kappa shape index (κ1) is 20.8. The number of halogens is 1. The molecule has 1 heterocycles. The number of fused-ring (bicyclic) bond motifs is 1. The first-order chi connectivity index (χ1) is 15.1. The number of carbonyl (C=O) groups excluding carboxylic acids is 1. The van der Waals surface area contributed by atoms with Crippen LogP contribution in [0.25, 0.3) is 16.6 Å². The van der Waals surface area contributed by atoms with Crippen molar-refractivity contribution in [1.82, 2.24) is 9.55 Å². The number of hydrogen-bond acceptors (Lipinski definition) is 4. The van der Waals surface area contributed by atoms with Gasteiger partial charge in [0, 0.05) is 0 Å². The minimum atomic E-state index is -0.502. The minimum Gasteiger partial charge on any atom is -0.323 e. The van der Waals surface area contributed by atoms with E-state index < -0.39 is 5.82 Å². The molecule has 0 atom stereocenters. The maximum absolute atomic E-state index is 13.8. The Morgan fingerprint density at radius 1 is 1.03 bits per heavy atom. The quantitative estimate of drug-likeness (QED) is 0.350. The molecule has 0 spiro atoms. The molecule has 0 unspecified atom stereocenters. The molecule has 0 aliphatic heterocycles. The Morgan fingerprint density at radius 2 is 1.74 bits per heavy atom. The molecule has 3 aromatic carbocycles. The molecule has 1 aromatic heterocycles. The van der Waals surface area contributed by atoms with Gasteiger partial charge in [0.15, 0.2) is 5.16 Å². The second kappa shape index (κ2) is 9.14. The van der Waals surface area contributed by atoms with E-state index in [0.29, 0.717) is 21.7 Å². The van der Waals surface area contributed by atoms with Crippen LogP contribution in [-0.2, 0) is 11.2 Å². The van der Waals surface area contributed by atoms with E-state index in [4.69, 9.17) is 0 Å². The van der Waals surface area contributed by atoms with Gasteiger partial charge in [0.25, 0.3) is 5.56 Å². The van der Waals surface area contributed by atoms with Crippen molar-refractivity contribution in [2.75, 3.05) is 11.1 Å². The molecular formula is C24H20FN3O2S. The molecule has 4 aromatic rings. The third kappa shape index (κ3) is 4.51. The van der Waals surface area contributed by atoms with Gasteiger partial charge in [-0.15, -0.1) is 0 Å². The summed E-state index contributed by atoms with van der Waals surface area (Å²) < 4.78 is 15.3. The second-order valence-electron chi connectivity index (χ2n) is 6.89. The maximum atomic E-state index is 13.8. The maximum Gasteiger partial charge on any atom is 0.266 e. The van der Waals surface area contributed by atoms with E-state index in [2.05, 4.69) is 17.2 Å². The number of aromatic nitrogens is 2. The van der Waals surface area contributed by atoms with Gasteiger partial charge in [0.05, 0.1) is 28.0 Å². The number of carbonyl (C=O) groups is 1. The number of amides is 1. The Balaban J connectivity index is 1.68. The average Bonchev–Trinajstić information content (AvgIpc) is 2.79. The molecule has 31 heavy (non-hydrogen) atoms. The number of para-hydroxylation sites is 2. The standard InChI is InChI=1S/C24H20FN3O2S/c1-2-16-11-13-17(14-12-16)28-23(30)18-7-3-5-9-20(18)27-24(28)31-15-22(29)26-21-10-6-4-8-19(21)25/h3-14H,2,15H2,1H3,(H,26,29). The van der Waals surface area contributed by atoms with Crippen molar-refractivity contribution in [2.24, 2.45) is 0 Å². The highest BCUT2D eigenvalue weighted by Crippen LogP contribution is 2.22. The lowest BCUT2D eigenvalue weighted by Crippen LogP contribution is -2.23. The van der Waals surface area contributed by atoms with E-state index in [1.165, 1.54) is 16.7 Å². The number of nitrogens with one attached hydrogen (secondary N) is 1. The highest BCUT2D eigenvalue weighted by molar-refractivity contribution is 7.99. The van der Waals surface area contributed by atoms with Gasteiger partial charge >= 0.3 is 0 Å². The SMILES string of the molecule is CCc1ccc(-n2c(SCC(=O)Nc3ccccc3F)nc3ccccc3c2=O)cc1. The first-order valence-electron chi connectivity index (χ1n) is 9.85. The summed E-state index contributed by atoms with van der Waals surface area (Å²) in [6.07, 6.45) is 0.892. The molecule has 4 rings (SSSR count). The molecule has 5 nitrogen and oxygen atoms in total. The Kier molecular flexibility index (Phi) is 6.13. The Morgan fingerprint density at radius 3 is 2.48 bits per heavy atom. The largest absolute Gasteiger partial charge is 0.323 e. The van der Waals surface area contributed by atoms with Crippen LogP contribution in [0.1, 0.15) is 12.5 Å². The summed E-state index contributed by atoms with van der Waals surface area (Å²) in [5.74, 6) is -0.908. The number of nitrogens with zero attached hydrogens (tertiary/aromatic N) is 2. The Hall–Kier alpha value is -3.45. The van der Waals surface area contributed by atoms with Crippen LogP contribution in [0.5, 0.6) is 0 Å². The fourth-order valence-corrected chi connectivity index (χ4v) is 4.01. The van der Waals surface area contributed by atoms with Gasteiger partial charge < -0.3 is 5.32 Å². The Bertz CT molecular complexity index is 1300. The lowest BCUT2D eigenvalue weighted by molar-refractivity contribution is -0.113. The van der Waals surface area contributed by atoms with Crippen LogP contribution in [0.15, 0.2) is 82.7 Å². The Labute approximate surface area is 182 Å². The van der Waals surface area contributed by atoms with Gasteiger partial charge in [0.2, 0.25) is 5.91 Å². The molecule has 0 saturated carbocycles. The van der Waals surface area contributed by atoms with Crippen molar-refractivity contribution >= 4 is 34.3 Å². The fraction of sp³-hybridized carbons (Fsp3) is 0.125. The molecule has 7 heteroatoms. The second-order valence-corrected chi connectivity index (χ2v) is 7.83. The molecule has 0 bridgehead atoms. The highest BCUT2D eigenvalue weighted by atomic mass is 32.2. The molecule has 0 saturated heterocycles. The van der Waals surface area contributed by atoms with Crippen molar-refractivity contribution in [3.63, 3.8) is 0 Å². The van der Waals surface area contributed by atoms with Gasteiger partial charge in [-0.2, -0.15) is 0 Å². The summed E-state index contributed by atoms with van der Waals surface area (Å²) in [5, 5.41) is 3.46. The number of thioether (sulfide) groups is 1. The van der Waals surface area contributed by atoms with E-state index in [9.17, 15) is 14.0 Å². The van der Waals surface area contributed by atoms with Gasteiger partial charge in [-0.25, -0.2) is 9.37 Å². The van der Waals surface area contributed by atoms with Crippen LogP contribution in [0, 0.1) is 5.82 Å². The van der Waals surface area contributed by atoms with Crippen molar-refractivity contribution in [2.45, 2.75) is 18.5 Å². The fourth-order valence-electron chi connectivity index (χ4n) is 3.20. The van der Waals surface area contributed by atoms with Crippen LogP contribution in [0.3, 0.4) is 0 Å². The normalized spacial score (nSPS) is 10.9. The van der Waals surface area contributed by atoms with Crippen LogP contribution >= 0.6 is 11.8 Å². The van der Waals surface area contributed by atoms with Gasteiger partial charge in [0.1, 0.15) is 5.82 Å². The zero-order valence-corrected chi connectivity index (χ0v) is 17.7.